The van der Waals surface area contributed by atoms with Gasteiger partial charge in [0, 0.05) is 19.2 Å². The van der Waals surface area contributed by atoms with Gasteiger partial charge in [-0.05, 0) is 53.0 Å². The number of esters is 1. The van der Waals surface area contributed by atoms with Crippen LogP contribution in [0.1, 0.15) is 53.4 Å². The van der Waals surface area contributed by atoms with Crippen LogP contribution in [-0.2, 0) is 14.3 Å². The summed E-state index contributed by atoms with van der Waals surface area (Å²) in [5, 5.41) is 0. The largest absolute Gasteiger partial charge is 0.465 e. The second-order valence-electron chi connectivity index (χ2n) is 6.32. The van der Waals surface area contributed by atoms with Crippen LogP contribution in [0.15, 0.2) is 0 Å². The molecule has 0 spiro atoms. The highest BCUT2D eigenvalue weighted by molar-refractivity contribution is 5.80. The number of nitrogens with two attached hydrogens (primary N) is 1. The lowest BCUT2D eigenvalue weighted by molar-refractivity contribution is -0.149. The summed E-state index contributed by atoms with van der Waals surface area (Å²) in [6, 6.07) is 0.248. The van der Waals surface area contributed by atoms with E-state index in [4.69, 9.17) is 15.2 Å². The molecule has 0 bridgehead atoms. The van der Waals surface area contributed by atoms with E-state index in [-0.39, 0.29) is 12.0 Å². The SMILES string of the molecule is CCCOC1CCCN(C(C)CC(C)(N)C(=O)OCC)C1. The highest BCUT2D eigenvalue weighted by Gasteiger charge is 2.34. The third kappa shape index (κ3) is 5.93. The van der Waals surface area contributed by atoms with E-state index in [1.54, 1.807) is 13.8 Å². The molecular formula is C16H32N2O3. The number of carbonyl (C=O) groups is 1. The first-order valence-corrected chi connectivity index (χ1v) is 8.22. The Kier molecular flexibility index (Phi) is 7.63. The molecule has 1 saturated heterocycles. The Morgan fingerprint density at radius 2 is 2.19 bits per heavy atom. The van der Waals surface area contributed by atoms with Crippen LogP contribution in [0.3, 0.4) is 0 Å². The van der Waals surface area contributed by atoms with Crippen molar-refractivity contribution in [1.29, 1.82) is 0 Å². The Hall–Kier alpha value is -0.650. The van der Waals surface area contributed by atoms with Crippen LogP contribution in [0.25, 0.3) is 0 Å². The van der Waals surface area contributed by atoms with Crippen molar-refractivity contribution >= 4 is 5.97 Å². The predicted octanol–water partition coefficient (Wildman–Crippen LogP) is 1.94. The van der Waals surface area contributed by atoms with Crippen molar-refractivity contribution in [2.75, 3.05) is 26.3 Å². The van der Waals surface area contributed by atoms with Gasteiger partial charge in [-0.2, -0.15) is 0 Å². The fourth-order valence-electron chi connectivity index (χ4n) is 2.91. The van der Waals surface area contributed by atoms with Crippen LogP contribution < -0.4 is 5.73 Å². The Labute approximate surface area is 129 Å². The summed E-state index contributed by atoms with van der Waals surface area (Å²) < 4.78 is 10.9. The number of piperidine rings is 1. The number of hydrogen-bond acceptors (Lipinski definition) is 5. The van der Waals surface area contributed by atoms with Crippen LogP contribution in [-0.4, -0.2) is 54.9 Å². The van der Waals surface area contributed by atoms with E-state index < -0.39 is 5.54 Å². The third-order valence-corrected chi connectivity index (χ3v) is 4.05. The Morgan fingerprint density at radius 3 is 2.81 bits per heavy atom. The van der Waals surface area contributed by atoms with E-state index >= 15 is 0 Å². The minimum atomic E-state index is -0.924. The summed E-state index contributed by atoms with van der Waals surface area (Å²) in [4.78, 5) is 14.3. The zero-order valence-electron chi connectivity index (χ0n) is 14.1. The lowest BCUT2D eigenvalue weighted by atomic mass is 9.93. The predicted molar refractivity (Wildman–Crippen MR) is 84.1 cm³/mol. The number of ether oxygens (including phenoxy) is 2. The smallest absolute Gasteiger partial charge is 0.325 e. The third-order valence-electron chi connectivity index (χ3n) is 4.05. The fraction of sp³-hybridized carbons (Fsp3) is 0.938. The summed E-state index contributed by atoms with van der Waals surface area (Å²) in [6.45, 7) is 11.0. The summed E-state index contributed by atoms with van der Waals surface area (Å²) >= 11 is 0. The van der Waals surface area contributed by atoms with Gasteiger partial charge < -0.3 is 15.2 Å². The molecule has 0 aromatic rings. The van der Waals surface area contributed by atoms with E-state index in [2.05, 4.69) is 18.7 Å². The number of hydrogen-bond donors (Lipinski definition) is 1. The van der Waals surface area contributed by atoms with E-state index in [9.17, 15) is 4.79 Å². The first-order valence-electron chi connectivity index (χ1n) is 8.22. The first-order chi connectivity index (χ1) is 9.90. The van der Waals surface area contributed by atoms with E-state index in [1.165, 1.54) is 0 Å². The van der Waals surface area contributed by atoms with Crippen molar-refractivity contribution in [3.05, 3.63) is 0 Å². The molecule has 1 heterocycles. The van der Waals surface area contributed by atoms with Crippen LogP contribution in [0, 0.1) is 0 Å². The molecule has 0 aliphatic carbocycles. The maximum atomic E-state index is 11.9. The van der Waals surface area contributed by atoms with Gasteiger partial charge >= 0.3 is 5.97 Å². The topological polar surface area (TPSA) is 64.8 Å². The monoisotopic (exact) mass is 300 g/mol. The molecule has 5 heteroatoms. The summed E-state index contributed by atoms with van der Waals surface area (Å²) in [5.41, 5.74) is 5.21. The van der Waals surface area contributed by atoms with E-state index in [1.807, 2.05) is 0 Å². The molecule has 5 nitrogen and oxygen atoms in total. The molecule has 3 atom stereocenters. The molecule has 1 rings (SSSR count). The van der Waals surface area contributed by atoms with Crippen LogP contribution in [0.5, 0.6) is 0 Å². The number of likely N-dealkylation sites (tertiary alicyclic amines) is 1. The molecular weight excluding hydrogens is 268 g/mol. The molecule has 1 fully saturated rings. The zero-order valence-corrected chi connectivity index (χ0v) is 14.1. The minimum absolute atomic E-state index is 0.248. The van der Waals surface area contributed by atoms with Crippen molar-refractivity contribution in [2.45, 2.75) is 71.1 Å². The number of rotatable bonds is 8. The molecule has 21 heavy (non-hydrogen) atoms. The van der Waals surface area contributed by atoms with Crippen molar-refractivity contribution in [1.82, 2.24) is 4.90 Å². The summed E-state index contributed by atoms with van der Waals surface area (Å²) in [7, 11) is 0. The summed E-state index contributed by atoms with van der Waals surface area (Å²) in [6.07, 6.45) is 4.23. The molecule has 0 aromatic heterocycles. The average Bonchev–Trinajstić information content (AvgIpc) is 2.45. The van der Waals surface area contributed by atoms with Gasteiger partial charge in [-0.3, -0.25) is 9.69 Å². The Bertz CT molecular complexity index is 321. The number of carbonyl (C=O) groups excluding carboxylic acids is 1. The van der Waals surface area contributed by atoms with Gasteiger partial charge in [-0.25, -0.2) is 0 Å². The van der Waals surface area contributed by atoms with Crippen molar-refractivity contribution in [3.8, 4) is 0 Å². The molecule has 2 N–H and O–H groups in total. The highest BCUT2D eigenvalue weighted by Crippen LogP contribution is 2.21. The second kappa shape index (κ2) is 8.71. The molecule has 0 saturated carbocycles. The molecule has 0 aromatic carbocycles. The highest BCUT2D eigenvalue weighted by atomic mass is 16.5. The Morgan fingerprint density at radius 1 is 1.48 bits per heavy atom. The summed E-state index contributed by atoms with van der Waals surface area (Å²) in [5.74, 6) is -0.312. The van der Waals surface area contributed by atoms with Crippen LogP contribution in [0.2, 0.25) is 0 Å². The number of nitrogens with zero attached hydrogens (tertiary/aromatic N) is 1. The van der Waals surface area contributed by atoms with Gasteiger partial charge in [-0.1, -0.05) is 6.92 Å². The van der Waals surface area contributed by atoms with Gasteiger partial charge in [0.05, 0.1) is 12.7 Å². The van der Waals surface area contributed by atoms with Gasteiger partial charge in [0.15, 0.2) is 0 Å². The zero-order chi connectivity index (χ0) is 15.9. The first kappa shape index (κ1) is 18.4. The minimum Gasteiger partial charge on any atom is -0.465 e. The molecule has 0 amide bonds. The lowest BCUT2D eigenvalue weighted by Crippen LogP contribution is -2.53. The van der Waals surface area contributed by atoms with Gasteiger partial charge in [0.1, 0.15) is 5.54 Å². The second-order valence-corrected chi connectivity index (χ2v) is 6.32. The van der Waals surface area contributed by atoms with Crippen LogP contribution >= 0.6 is 0 Å². The van der Waals surface area contributed by atoms with Crippen molar-refractivity contribution < 1.29 is 14.3 Å². The average molecular weight is 300 g/mol. The lowest BCUT2D eigenvalue weighted by Gasteiger charge is -2.39. The quantitative estimate of drug-likeness (QED) is 0.694. The molecule has 3 unspecified atom stereocenters. The van der Waals surface area contributed by atoms with Gasteiger partial charge in [0.25, 0.3) is 0 Å². The standard InChI is InChI=1S/C16H32N2O3/c1-5-10-21-14-8-7-9-18(12-14)13(3)11-16(4,17)15(19)20-6-2/h13-14H,5-12,17H2,1-4H3. The Balaban J connectivity index is 2.50. The molecule has 1 aliphatic rings. The van der Waals surface area contributed by atoms with E-state index in [0.717, 1.165) is 39.0 Å². The molecule has 1 aliphatic heterocycles. The molecule has 124 valence electrons. The normalized spacial score (nSPS) is 24.3. The maximum Gasteiger partial charge on any atom is 0.325 e. The van der Waals surface area contributed by atoms with Crippen molar-refractivity contribution in [3.63, 3.8) is 0 Å². The van der Waals surface area contributed by atoms with Gasteiger partial charge in [0.2, 0.25) is 0 Å². The molecule has 0 radical (unpaired) electrons. The maximum absolute atomic E-state index is 11.9. The van der Waals surface area contributed by atoms with E-state index in [0.29, 0.717) is 19.1 Å². The van der Waals surface area contributed by atoms with Crippen LogP contribution in [0.4, 0.5) is 0 Å². The van der Waals surface area contributed by atoms with Crippen molar-refractivity contribution in [2.24, 2.45) is 5.73 Å². The fourth-order valence-corrected chi connectivity index (χ4v) is 2.91. The van der Waals surface area contributed by atoms with Gasteiger partial charge in [-0.15, -0.1) is 0 Å².